The van der Waals surface area contributed by atoms with Crippen LogP contribution in [0.2, 0.25) is 0 Å². The fraction of sp³-hybridized carbons (Fsp3) is 0.944. The third-order valence-electron chi connectivity index (χ3n) is 4.31. The highest BCUT2D eigenvalue weighted by Gasteiger charge is 2.42. The van der Waals surface area contributed by atoms with Crippen LogP contribution >= 0.6 is 0 Å². The number of hydrogen-bond donors (Lipinski definition) is 0. The van der Waals surface area contributed by atoms with Crippen molar-refractivity contribution in [1.29, 1.82) is 0 Å². The second kappa shape index (κ2) is 5.69. The molecule has 0 spiro atoms. The molecular formula is C18H36O2. The SMILES string of the molecule is CC(C)(C)CC(C(=O)OC(C)(C)C(C)(C)C)C(C)(C)C. The van der Waals surface area contributed by atoms with Crippen LogP contribution in [-0.2, 0) is 9.53 Å². The maximum absolute atomic E-state index is 12.7. The summed E-state index contributed by atoms with van der Waals surface area (Å²) in [5.74, 6) is -0.142. The second-order valence-electron chi connectivity index (χ2n) is 9.86. The number of hydrogen-bond acceptors (Lipinski definition) is 2. The molecule has 1 atom stereocenters. The lowest BCUT2D eigenvalue weighted by Gasteiger charge is -2.41. The average Bonchev–Trinajstić information content (AvgIpc) is 2.07. The van der Waals surface area contributed by atoms with E-state index in [9.17, 15) is 4.79 Å². The van der Waals surface area contributed by atoms with E-state index >= 15 is 0 Å². The van der Waals surface area contributed by atoms with Crippen molar-refractivity contribution in [1.82, 2.24) is 0 Å². The van der Waals surface area contributed by atoms with Gasteiger partial charge in [-0.1, -0.05) is 62.3 Å². The highest BCUT2D eigenvalue weighted by Crippen LogP contribution is 2.40. The van der Waals surface area contributed by atoms with E-state index < -0.39 is 5.60 Å². The summed E-state index contributed by atoms with van der Waals surface area (Å²) in [6, 6.07) is 0. The van der Waals surface area contributed by atoms with Gasteiger partial charge in [0.2, 0.25) is 0 Å². The molecule has 0 saturated carbocycles. The molecule has 0 amide bonds. The molecule has 0 heterocycles. The van der Waals surface area contributed by atoms with Gasteiger partial charge in [-0.05, 0) is 31.1 Å². The summed E-state index contributed by atoms with van der Waals surface area (Å²) in [6.45, 7) is 23.2. The minimum atomic E-state index is -0.467. The van der Waals surface area contributed by atoms with E-state index in [1.807, 2.05) is 13.8 Å². The minimum absolute atomic E-state index is 0.0626. The molecule has 0 aromatic carbocycles. The Kier molecular flexibility index (Phi) is 5.54. The van der Waals surface area contributed by atoms with Gasteiger partial charge in [0.1, 0.15) is 5.60 Å². The molecule has 0 N–H and O–H groups in total. The summed E-state index contributed by atoms with van der Waals surface area (Å²) in [4.78, 5) is 12.7. The number of rotatable bonds is 3. The van der Waals surface area contributed by atoms with Crippen molar-refractivity contribution >= 4 is 5.97 Å². The number of ether oxygens (including phenoxy) is 1. The van der Waals surface area contributed by atoms with Crippen LogP contribution in [0.4, 0.5) is 0 Å². The van der Waals surface area contributed by atoms with Crippen molar-refractivity contribution in [2.24, 2.45) is 22.2 Å². The summed E-state index contributed by atoms with van der Waals surface area (Å²) >= 11 is 0. The highest BCUT2D eigenvalue weighted by atomic mass is 16.6. The number of carbonyl (C=O) groups is 1. The molecule has 0 aliphatic rings. The van der Waals surface area contributed by atoms with Crippen LogP contribution < -0.4 is 0 Å². The van der Waals surface area contributed by atoms with Crippen LogP contribution in [0.25, 0.3) is 0 Å². The molecule has 0 fully saturated rings. The zero-order valence-corrected chi connectivity index (χ0v) is 15.6. The zero-order valence-electron chi connectivity index (χ0n) is 15.6. The fourth-order valence-corrected chi connectivity index (χ4v) is 1.83. The Morgan fingerprint density at radius 3 is 1.50 bits per heavy atom. The van der Waals surface area contributed by atoms with E-state index in [4.69, 9.17) is 4.74 Å². The molecule has 0 rings (SSSR count). The molecule has 0 bridgehead atoms. The van der Waals surface area contributed by atoms with Crippen molar-refractivity contribution in [3.05, 3.63) is 0 Å². The molecule has 0 aromatic rings. The van der Waals surface area contributed by atoms with Gasteiger partial charge in [0.15, 0.2) is 0 Å². The lowest BCUT2D eigenvalue weighted by Crippen LogP contribution is -2.45. The smallest absolute Gasteiger partial charge is 0.310 e. The van der Waals surface area contributed by atoms with Gasteiger partial charge >= 0.3 is 5.97 Å². The Bertz CT molecular complexity index is 332. The molecule has 2 nitrogen and oxygen atoms in total. The monoisotopic (exact) mass is 284 g/mol. The standard InChI is InChI=1S/C18H36O2/c1-15(2,3)12-13(16(4,5)6)14(19)20-18(10,11)17(7,8)9/h13H,12H2,1-11H3. The first-order chi connectivity index (χ1) is 8.47. The summed E-state index contributed by atoms with van der Waals surface area (Å²) in [5, 5.41) is 0. The molecule has 0 saturated heterocycles. The van der Waals surface area contributed by atoms with Crippen LogP contribution in [-0.4, -0.2) is 11.6 Å². The predicted molar refractivity (Wildman–Crippen MR) is 86.6 cm³/mol. The van der Waals surface area contributed by atoms with Crippen molar-refractivity contribution in [3.8, 4) is 0 Å². The van der Waals surface area contributed by atoms with E-state index in [0.717, 1.165) is 6.42 Å². The summed E-state index contributed by atoms with van der Waals surface area (Å²) in [5.41, 5.74) is -0.514. The quantitative estimate of drug-likeness (QED) is 0.644. The van der Waals surface area contributed by atoms with Crippen LogP contribution in [0.15, 0.2) is 0 Å². The van der Waals surface area contributed by atoms with Gasteiger partial charge in [0.05, 0.1) is 5.92 Å². The van der Waals surface area contributed by atoms with Gasteiger partial charge < -0.3 is 4.74 Å². The van der Waals surface area contributed by atoms with Gasteiger partial charge in [0, 0.05) is 5.41 Å². The Labute approximate surface area is 126 Å². The van der Waals surface area contributed by atoms with E-state index in [0.29, 0.717) is 0 Å². The van der Waals surface area contributed by atoms with E-state index in [1.54, 1.807) is 0 Å². The number of carbonyl (C=O) groups excluding carboxylic acids is 1. The maximum atomic E-state index is 12.7. The van der Waals surface area contributed by atoms with Crippen LogP contribution in [0.1, 0.15) is 82.6 Å². The van der Waals surface area contributed by atoms with Gasteiger partial charge in [-0.25, -0.2) is 0 Å². The average molecular weight is 284 g/mol. The maximum Gasteiger partial charge on any atom is 0.310 e. The Hall–Kier alpha value is -0.530. The Morgan fingerprint density at radius 1 is 0.850 bits per heavy atom. The molecule has 120 valence electrons. The molecular weight excluding hydrogens is 248 g/mol. The van der Waals surface area contributed by atoms with Crippen molar-refractivity contribution in [2.75, 3.05) is 0 Å². The predicted octanol–water partition coefficient (Wildman–Crippen LogP) is 5.45. The third kappa shape index (κ3) is 5.85. The van der Waals surface area contributed by atoms with Gasteiger partial charge in [-0.2, -0.15) is 0 Å². The molecule has 2 heteroatoms. The largest absolute Gasteiger partial charge is 0.459 e. The second-order valence-corrected chi connectivity index (χ2v) is 9.86. The van der Waals surface area contributed by atoms with Crippen molar-refractivity contribution in [2.45, 2.75) is 88.2 Å². The van der Waals surface area contributed by atoms with Crippen LogP contribution in [0, 0.1) is 22.2 Å². The van der Waals surface area contributed by atoms with Crippen molar-refractivity contribution in [3.63, 3.8) is 0 Å². The lowest BCUT2D eigenvalue weighted by atomic mass is 9.72. The zero-order chi connectivity index (χ0) is 16.6. The van der Waals surface area contributed by atoms with E-state index in [-0.39, 0.29) is 28.1 Å². The molecule has 0 radical (unpaired) electrons. The van der Waals surface area contributed by atoms with Crippen LogP contribution in [0.3, 0.4) is 0 Å². The first-order valence-corrected chi connectivity index (χ1v) is 7.70. The molecule has 0 aliphatic heterocycles. The molecule has 1 unspecified atom stereocenters. The fourth-order valence-electron chi connectivity index (χ4n) is 1.83. The summed E-state index contributed by atoms with van der Waals surface area (Å²) in [7, 11) is 0. The first kappa shape index (κ1) is 19.5. The third-order valence-corrected chi connectivity index (χ3v) is 4.31. The molecule has 0 aliphatic carbocycles. The number of esters is 1. The van der Waals surface area contributed by atoms with Crippen molar-refractivity contribution < 1.29 is 9.53 Å². The molecule has 0 aromatic heterocycles. The topological polar surface area (TPSA) is 26.3 Å². The highest BCUT2D eigenvalue weighted by molar-refractivity contribution is 5.74. The Morgan fingerprint density at radius 2 is 1.25 bits per heavy atom. The summed E-state index contributed by atoms with van der Waals surface area (Å²) in [6.07, 6.45) is 0.843. The van der Waals surface area contributed by atoms with Gasteiger partial charge in [-0.15, -0.1) is 0 Å². The lowest BCUT2D eigenvalue weighted by molar-refractivity contribution is -0.177. The van der Waals surface area contributed by atoms with Crippen LogP contribution in [0.5, 0.6) is 0 Å². The first-order valence-electron chi connectivity index (χ1n) is 7.70. The van der Waals surface area contributed by atoms with Gasteiger partial charge in [0.25, 0.3) is 0 Å². The van der Waals surface area contributed by atoms with Gasteiger partial charge in [-0.3, -0.25) is 4.79 Å². The van der Waals surface area contributed by atoms with E-state index in [2.05, 4.69) is 62.3 Å². The Balaban J connectivity index is 5.19. The normalized spacial score (nSPS) is 15.9. The van der Waals surface area contributed by atoms with E-state index in [1.165, 1.54) is 0 Å². The molecule has 20 heavy (non-hydrogen) atoms. The minimum Gasteiger partial charge on any atom is -0.459 e. The summed E-state index contributed by atoms with van der Waals surface area (Å²) < 4.78 is 5.90.